The summed E-state index contributed by atoms with van der Waals surface area (Å²) in [6, 6.07) is 5.24. The summed E-state index contributed by atoms with van der Waals surface area (Å²) in [6.45, 7) is 7.15. The Balaban J connectivity index is 1.96. The van der Waals surface area contributed by atoms with Crippen LogP contribution in [0.25, 0.3) is 0 Å². The van der Waals surface area contributed by atoms with Gasteiger partial charge in [-0.3, -0.25) is 0 Å². The number of hydrogen-bond donors (Lipinski definition) is 1. The molecule has 0 radical (unpaired) electrons. The van der Waals surface area contributed by atoms with Gasteiger partial charge in [0, 0.05) is 38.5 Å². The highest BCUT2D eigenvalue weighted by Gasteiger charge is 2.19. The zero-order valence-electron chi connectivity index (χ0n) is 12.9. The Hall–Kier alpha value is -1.13. The third kappa shape index (κ3) is 3.93. The molecule has 1 unspecified atom stereocenters. The fraction of sp³-hybridized carbons (Fsp3) is 0.688. The van der Waals surface area contributed by atoms with Crippen molar-refractivity contribution >= 4 is 5.82 Å². The molecule has 112 valence electrons. The summed E-state index contributed by atoms with van der Waals surface area (Å²) in [6.07, 6.45) is 5.34. The number of aromatic nitrogens is 1. The Bertz CT molecular complexity index is 387. The van der Waals surface area contributed by atoms with E-state index in [-0.39, 0.29) is 0 Å². The summed E-state index contributed by atoms with van der Waals surface area (Å²) in [4.78, 5) is 6.92. The lowest BCUT2D eigenvalue weighted by Gasteiger charge is -2.32. The monoisotopic (exact) mass is 277 g/mol. The minimum absolute atomic E-state index is 0.366. The van der Waals surface area contributed by atoms with Gasteiger partial charge in [-0.25, -0.2) is 4.98 Å². The van der Waals surface area contributed by atoms with Gasteiger partial charge in [-0.1, -0.05) is 13.0 Å². The molecule has 4 heteroatoms. The quantitative estimate of drug-likeness (QED) is 0.867. The third-order valence-electron chi connectivity index (χ3n) is 4.07. The lowest BCUT2D eigenvalue weighted by atomic mass is 10.1. The molecule has 0 spiro atoms. The van der Waals surface area contributed by atoms with Gasteiger partial charge in [0.2, 0.25) is 0 Å². The molecule has 0 aliphatic carbocycles. The van der Waals surface area contributed by atoms with Gasteiger partial charge in [0.15, 0.2) is 0 Å². The smallest absolute Gasteiger partial charge is 0.128 e. The number of ether oxygens (including phenoxy) is 1. The van der Waals surface area contributed by atoms with Crippen molar-refractivity contribution in [2.75, 3.05) is 31.7 Å². The second kappa shape index (κ2) is 7.60. The molecule has 20 heavy (non-hydrogen) atoms. The van der Waals surface area contributed by atoms with Crippen LogP contribution in [0, 0.1) is 0 Å². The molecule has 2 rings (SSSR count). The van der Waals surface area contributed by atoms with Crippen molar-refractivity contribution in [2.45, 2.75) is 45.2 Å². The number of nitrogens with zero attached hydrogens (tertiary/aromatic N) is 2. The lowest BCUT2D eigenvalue weighted by Crippen LogP contribution is -2.37. The largest absolute Gasteiger partial charge is 0.381 e. The first-order chi connectivity index (χ1) is 9.72. The first-order valence-electron chi connectivity index (χ1n) is 7.72. The topological polar surface area (TPSA) is 37.4 Å². The van der Waals surface area contributed by atoms with Gasteiger partial charge in [-0.15, -0.1) is 0 Å². The highest BCUT2D eigenvalue weighted by molar-refractivity contribution is 5.40. The zero-order chi connectivity index (χ0) is 14.4. The van der Waals surface area contributed by atoms with Crippen molar-refractivity contribution < 1.29 is 4.74 Å². The SMILES string of the molecule is CCCNC(C)c1ccc(N(C)C2CCOCC2)nc1. The van der Waals surface area contributed by atoms with Crippen molar-refractivity contribution in [1.82, 2.24) is 10.3 Å². The Labute approximate surface area is 122 Å². The van der Waals surface area contributed by atoms with Crippen LogP contribution in [0.15, 0.2) is 18.3 Å². The second-order valence-electron chi connectivity index (χ2n) is 5.58. The Morgan fingerprint density at radius 3 is 2.75 bits per heavy atom. The Morgan fingerprint density at radius 2 is 2.15 bits per heavy atom. The minimum atomic E-state index is 0.366. The first-order valence-corrected chi connectivity index (χ1v) is 7.72. The van der Waals surface area contributed by atoms with Crippen molar-refractivity contribution in [3.63, 3.8) is 0 Å². The van der Waals surface area contributed by atoms with Crippen LogP contribution in [0.4, 0.5) is 5.82 Å². The van der Waals surface area contributed by atoms with Crippen molar-refractivity contribution in [2.24, 2.45) is 0 Å². The Kier molecular flexibility index (Phi) is 5.80. The molecule has 1 aliphatic heterocycles. The number of pyridine rings is 1. The molecule has 1 aromatic heterocycles. The predicted molar refractivity (Wildman–Crippen MR) is 83.2 cm³/mol. The molecule has 1 saturated heterocycles. The summed E-state index contributed by atoms with van der Waals surface area (Å²) in [5.74, 6) is 1.06. The Morgan fingerprint density at radius 1 is 1.40 bits per heavy atom. The fourth-order valence-corrected chi connectivity index (χ4v) is 2.60. The average Bonchev–Trinajstić information content (AvgIpc) is 2.53. The first kappa shape index (κ1) is 15.3. The van der Waals surface area contributed by atoms with Gasteiger partial charge in [0.05, 0.1) is 0 Å². The van der Waals surface area contributed by atoms with E-state index in [2.05, 4.69) is 48.2 Å². The third-order valence-corrected chi connectivity index (χ3v) is 4.07. The average molecular weight is 277 g/mol. The summed E-state index contributed by atoms with van der Waals surface area (Å²) in [7, 11) is 2.14. The van der Waals surface area contributed by atoms with Gasteiger partial charge < -0.3 is 15.0 Å². The van der Waals surface area contributed by atoms with E-state index in [0.717, 1.165) is 44.8 Å². The van der Waals surface area contributed by atoms with Gasteiger partial charge in [0.25, 0.3) is 0 Å². The van der Waals surface area contributed by atoms with E-state index in [1.807, 2.05) is 6.20 Å². The van der Waals surface area contributed by atoms with E-state index in [1.54, 1.807) is 0 Å². The standard InChI is InChI=1S/C16H27N3O/c1-4-9-17-13(2)14-5-6-16(18-12-14)19(3)15-7-10-20-11-8-15/h5-6,12-13,15,17H,4,7-11H2,1-3H3. The van der Waals surface area contributed by atoms with Crippen LogP contribution in [-0.2, 0) is 4.74 Å². The lowest BCUT2D eigenvalue weighted by molar-refractivity contribution is 0.0853. The molecular formula is C16H27N3O. The second-order valence-corrected chi connectivity index (χ2v) is 5.58. The van der Waals surface area contributed by atoms with Crippen LogP contribution in [0.3, 0.4) is 0 Å². The summed E-state index contributed by atoms with van der Waals surface area (Å²) < 4.78 is 5.42. The number of anilines is 1. The zero-order valence-corrected chi connectivity index (χ0v) is 12.9. The molecule has 0 amide bonds. The molecule has 0 aromatic carbocycles. The molecule has 2 heterocycles. The minimum Gasteiger partial charge on any atom is -0.381 e. The van der Waals surface area contributed by atoms with E-state index >= 15 is 0 Å². The van der Waals surface area contributed by atoms with Gasteiger partial charge in [-0.05, 0) is 44.4 Å². The number of rotatable bonds is 6. The number of hydrogen-bond acceptors (Lipinski definition) is 4. The fourth-order valence-electron chi connectivity index (χ4n) is 2.60. The van der Waals surface area contributed by atoms with E-state index in [9.17, 15) is 0 Å². The van der Waals surface area contributed by atoms with Crippen LogP contribution in [0.1, 0.15) is 44.7 Å². The summed E-state index contributed by atoms with van der Waals surface area (Å²) in [5.41, 5.74) is 1.25. The van der Waals surface area contributed by atoms with Crippen LogP contribution >= 0.6 is 0 Å². The molecule has 0 bridgehead atoms. The van der Waals surface area contributed by atoms with E-state index in [1.165, 1.54) is 5.56 Å². The van der Waals surface area contributed by atoms with Gasteiger partial charge in [-0.2, -0.15) is 0 Å². The van der Waals surface area contributed by atoms with Crippen LogP contribution in [-0.4, -0.2) is 37.8 Å². The van der Waals surface area contributed by atoms with Crippen LogP contribution in [0.2, 0.25) is 0 Å². The van der Waals surface area contributed by atoms with Gasteiger partial charge in [0.1, 0.15) is 5.82 Å². The molecule has 1 aliphatic rings. The maximum absolute atomic E-state index is 5.42. The summed E-state index contributed by atoms with van der Waals surface area (Å²) in [5, 5.41) is 3.49. The van der Waals surface area contributed by atoms with E-state index in [0.29, 0.717) is 12.1 Å². The molecule has 4 nitrogen and oxygen atoms in total. The number of nitrogens with one attached hydrogen (secondary N) is 1. The maximum Gasteiger partial charge on any atom is 0.128 e. The van der Waals surface area contributed by atoms with E-state index < -0.39 is 0 Å². The highest BCUT2D eigenvalue weighted by Crippen LogP contribution is 2.20. The van der Waals surface area contributed by atoms with Crippen molar-refractivity contribution in [1.29, 1.82) is 0 Å². The normalized spacial score (nSPS) is 17.9. The van der Waals surface area contributed by atoms with Crippen LogP contribution in [0.5, 0.6) is 0 Å². The predicted octanol–water partition coefficient (Wildman–Crippen LogP) is 2.76. The molecule has 1 atom stereocenters. The maximum atomic E-state index is 5.42. The van der Waals surface area contributed by atoms with E-state index in [4.69, 9.17) is 4.74 Å². The molecule has 0 saturated carbocycles. The molecular weight excluding hydrogens is 250 g/mol. The van der Waals surface area contributed by atoms with Gasteiger partial charge >= 0.3 is 0 Å². The van der Waals surface area contributed by atoms with Crippen LogP contribution < -0.4 is 10.2 Å². The van der Waals surface area contributed by atoms with Crippen molar-refractivity contribution in [3.05, 3.63) is 23.9 Å². The molecule has 1 N–H and O–H groups in total. The summed E-state index contributed by atoms with van der Waals surface area (Å²) >= 11 is 0. The van der Waals surface area contributed by atoms with Crippen molar-refractivity contribution in [3.8, 4) is 0 Å². The highest BCUT2D eigenvalue weighted by atomic mass is 16.5. The molecule has 1 fully saturated rings. The molecule has 1 aromatic rings.